The van der Waals surface area contributed by atoms with Crippen LogP contribution in [0.15, 0.2) is 0 Å². The zero-order chi connectivity index (χ0) is 11.0. The molecular weight excluding hydrogens is 204 g/mol. The lowest BCUT2D eigenvalue weighted by Gasteiger charge is -2.26. The van der Waals surface area contributed by atoms with Crippen molar-refractivity contribution in [3.05, 3.63) is 0 Å². The van der Waals surface area contributed by atoms with Crippen molar-refractivity contribution in [3.8, 4) is 0 Å². The molecule has 0 unspecified atom stereocenters. The van der Waals surface area contributed by atoms with Gasteiger partial charge in [-0.3, -0.25) is 9.59 Å². The third-order valence-electron chi connectivity index (χ3n) is 2.30. The normalized spacial score (nSPS) is 37.7. The molecule has 0 aromatic rings. The van der Waals surface area contributed by atoms with E-state index < -0.39 is 30.4 Å². The molecule has 0 radical (unpaired) electrons. The lowest BCUT2D eigenvalue weighted by molar-refractivity contribution is -0.181. The minimum Gasteiger partial charge on any atom is -0.455 e. The summed E-state index contributed by atoms with van der Waals surface area (Å²) >= 11 is 0. The standard InChI is InChI=1S/C9H12O6/c1-4(10)13-7-6-3-12-9(15-6)8(7)14-5(2)11/h6-9H,3H2,1-2H3/t6-,7+,8+,9-/m1/s1. The monoisotopic (exact) mass is 216 g/mol. The Kier molecular flexibility index (Phi) is 2.62. The van der Waals surface area contributed by atoms with Gasteiger partial charge in [0.05, 0.1) is 6.61 Å². The van der Waals surface area contributed by atoms with E-state index in [0.29, 0.717) is 6.61 Å². The van der Waals surface area contributed by atoms with E-state index in [-0.39, 0.29) is 6.10 Å². The second-order valence-electron chi connectivity index (χ2n) is 3.52. The molecule has 0 N–H and O–H groups in total. The van der Waals surface area contributed by atoms with Crippen molar-refractivity contribution in [2.24, 2.45) is 0 Å². The highest BCUT2D eigenvalue weighted by Crippen LogP contribution is 2.33. The van der Waals surface area contributed by atoms with Crippen LogP contribution >= 0.6 is 0 Å². The number of hydrogen-bond donors (Lipinski definition) is 0. The first-order chi connectivity index (χ1) is 7.08. The van der Waals surface area contributed by atoms with E-state index in [4.69, 9.17) is 18.9 Å². The van der Waals surface area contributed by atoms with Gasteiger partial charge in [-0.1, -0.05) is 0 Å². The fraction of sp³-hybridized carbons (Fsp3) is 0.778. The maximum Gasteiger partial charge on any atom is 0.303 e. The first-order valence-corrected chi connectivity index (χ1v) is 4.69. The molecule has 2 aliphatic heterocycles. The summed E-state index contributed by atoms with van der Waals surface area (Å²) in [4.78, 5) is 21.7. The summed E-state index contributed by atoms with van der Waals surface area (Å²) in [7, 11) is 0. The van der Waals surface area contributed by atoms with Gasteiger partial charge in [0.25, 0.3) is 0 Å². The lowest BCUT2D eigenvalue weighted by Crippen LogP contribution is -2.45. The average molecular weight is 216 g/mol. The molecule has 4 atom stereocenters. The number of hydrogen-bond acceptors (Lipinski definition) is 6. The summed E-state index contributed by atoms with van der Waals surface area (Å²) in [6.07, 6.45) is -2.14. The predicted octanol–water partition coefficient (Wildman–Crippen LogP) is -0.395. The fourth-order valence-corrected chi connectivity index (χ4v) is 1.80. The van der Waals surface area contributed by atoms with Crippen LogP contribution in [0.3, 0.4) is 0 Å². The SMILES string of the molecule is CC(=O)O[C@@H]1[C@@H]2OC[C@@H](O2)[C@@H]1OC(C)=O. The summed E-state index contributed by atoms with van der Waals surface area (Å²) in [6, 6.07) is 0. The molecule has 2 bridgehead atoms. The first kappa shape index (κ1) is 10.4. The number of esters is 2. The van der Waals surface area contributed by atoms with Gasteiger partial charge < -0.3 is 18.9 Å². The topological polar surface area (TPSA) is 71.1 Å². The summed E-state index contributed by atoms with van der Waals surface area (Å²) in [5.74, 6) is -0.870. The van der Waals surface area contributed by atoms with Crippen LogP contribution in [0, 0.1) is 0 Å². The number of fused-ring (bicyclic) bond motifs is 2. The molecule has 2 heterocycles. The molecule has 84 valence electrons. The molecule has 0 aromatic heterocycles. The molecule has 2 aliphatic rings. The molecular formula is C9H12O6. The van der Waals surface area contributed by atoms with Crippen LogP contribution < -0.4 is 0 Å². The largest absolute Gasteiger partial charge is 0.455 e. The van der Waals surface area contributed by atoms with Crippen molar-refractivity contribution < 1.29 is 28.5 Å². The van der Waals surface area contributed by atoms with Gasteiger partial charge in [0, 0.05) is 13.8 Å². The smallest absolute Gasteiger partial charge is 0.303 e. The molecule has 2 fully saturated rings. The van der Waals surface area contributed by atoms with E-state index in [2.05, 4.69) is 0 Å². The fourth-order valence-electron chi connectivity index (χ4n) is 1.80. The van der Waals surface area contributed by atoms with Crippen molar-refractivity contribution in [3.63, 3.8) is 0 Å². The number of carbonyl (C=O) groups excluding carboxylic acids is 2. The summed E-state index contributed by atoms with van der Waals surface area (Å²) in [5, 5.41) is 0. The zero-order valence-electron chi connectivity index (χ0n) is 8.47. The van der Waals surface area contributed by atoms with E-state index in [1.165, 1.54) is 13.8 Å². The second-order valence-corrected chi connectivity index (χ2v) is 3.52. The Labute approximate surface area is 86.4 Å². The van der Waals surface area contributed by atoms with Crippen molar-refractivity contribution in [2.75, 3.05) is 6.61 Å². The van der Waals surface area contributed by atoms with Crippen molar-refractivity contribution in [1.82, 2.24) is 0 Å². The van der Waals surface area contributed by atoms with E-state index in [9.17, 15) is 9.59 Å². The summed E-state index contributed by atoms with van der Waals surface area (Å²) in [5.41, 5.74) is 0. The van der Waals surface area contributed by atoms with E-state index in [1.807, 2.05) is 0 Å². The Bertz CT molecular complexity index is 260. The molecule has 6 heteroatoms. The maximum absolute atomic E-state index is 10.8. The number of ether oxygens (including phenoxy) is 4. The molecule has 0 spiro atoms. The van der Waals surface area contributed by atoms with Crippen molar-refractivity contribution in [1.29, 1.82) is 0 Å². The molecule has 0 aromatic carbocycles. The Morgan fingerprint density at radius 2 is 1.73 bits per heavy atom. The second kappa shape index (κ2) is 3.79. The van der Waals surface area contributed by atoms with Crippen LogP contribution in [-0.4, -0.2) is 43.1 Å². The number of carbonyl (C=O) groups is 2. The molecule has 0 aliphatic carbocycles. The molecule has 0 saturated carbocycles. The van der Waals surface area contributed by atoms with Gasteiger partial charge in [-0.2, -0.15) is 0 Å². The van der Waals surface area contributed by atoms with Crippen molar-refractivity contribution >= 4 is 11.9 Å². The van der Waals surface area contributed by atoms with Gasteiger partial charge in [-0.05, 0) is 0 Å². The Morgan fingerprint density at radius 3 is 2.33 bits per heavy atom. The summed E-state index contributed by atoms with van der Waals surface area (Å²) in [6.45, 7) is 2.95. The van der Waals surface area contributed by atoms with Crippen LogP contribution in [0.25, 0.3) is 0 Å². The van der Waals surface area contributed by atoms with Crippen LogP contribution in [0.1, 0.15) is 13.8 Å². The quantitative estimate of drug-likeness (QED) is 0.585. The lowest BCUT2D eigenvalue weighted by atomic mass is 10.1. The first-order valence-electron chi connectivity index (χ1n) is 4.69. The molecule has 0 amide bonds. The van der Waals surface area contributed by atoms with Gasteiger partial charge in [0.1, 0.15) is 6.10 Å². The molecule has 2 rings (SSSR count). The third kappa shape index (κ3) is 1.95. The highest BCUT2D eigenvalue weighted by molar-refractivity contribution is 5.67. The number of rotatable bonds is 2. The van der Waals surface area contributed by atoms with Gasteiger partial charge in [-0.25, -0.2) is 0 Å². The van der Waals surface area contributed by atoms with E-state index in [0.717, 1.165) is 0 Å². The molecule has 6 nitrogen and oxygen atoms in total. The highest BCUT2D eigenvalue weighted by Gasteiger charge is 2.54. The minimum atomic E-state index is -0.648. The van der Waals surface area contributed by atoms with Crippen LogP contribution in [0.4, 0.5) is 0 Å². The summed E-state index contributed by atoms with van der Waals surface area (Å²) < 4.78 is 20.5. The predicted molar refractivity (Wildman–Crippen MR) is 45.7 cm³/mol. The Morgan fingerprint density at radius 1 is 1.13 bits per heavy atom. The van der Waals surface area contributed by atoms with Gasteiger partial charge >= 0.3 is 11.9 Å². The van der Waals surface area contributed by atoms with Gasteiger partial charge in [0.2, 0.25) is 0 Å². The zero-order valence-corrected chi connectivity index (χ0v) is 8.47. The maximum atomic E-state index is 10.8. The van der Waals surface area contributed by atoms with Crippen molar-refractivity contribution in [2.45, 2.75) is 38.4 Å². The highest BCUT2D eigenvalue weighted by atomic mass is 16.8. The molecule has 2 saturated heterocycles. The van der Waals surface area contributed by atoms with Gasteiger partial charge in [-0.15, -0.1) is 0 Å². The Hall–Kier alpha value is -1.14. The third-order valence-corrected chi connectivity index (χ3v) is 2.30. The van der Waals surface area contributed by atoms with Gasteiger partial charge in [0.15, 0.2) is 18.5 Å². The Balaban J connectivity index is 2.05. The average Bonchev–Trinajstić information content (AvgIpc) is 2.67. The van der Waals surface area contributed by atoms with Crippen LogP contribution in [0.5, 0.6) is 0 Å². The van der Waals surface area contributed by atoms with Crippen LogP contribution in [-0.2, 0) is 28.5 Å². The van der Waals surface area contributed by atoms with E-state index >= 15 is 0 Å². The minimum absolute atomic E-state index is 0.330. The van der Waals surface area contributed by atoms with E-state index in [1.54, 1.807) is 0 Å². The molecule has 15 heavy (non-hydrogen) atoms. The van der Waals surface area contributed by atoms with Crippen LogP contribution in [0.2, 0.25) is 0 Å².